The fourth-order valence-electron chi connectivity index (χ4n) is 2.25. The van der Waals surface area contributed by atoms with E-state index in [1.807, 2.05) is 18.7 Å². The molecule has 0 radical (unpaired) electrons. The molecule has 2 heterocycles. The Balaban J connectivity index is 2.13. The number of nitrogens with zero attached hydrogens (tertiary/aromatic N) is 4. The highest BCUT2D eigenvalue weighted by Gasteiger charge is 2.15. The van der Waals surface area contributed by atoms with Gasteiger partial charge >= 0.3 is 6.01 Å². The Morgan fingerprint density at radius 1 is 1.43 bits per heavy atom. The van der Waals surface area contributed by atoms with Crippen molar-refractivity contribution in [1.29, 1.82) is 0 Å². The minimum Gasteiger partial charge on any atom is -0.467 e. The molecule has 0 aliphatic heterocycles. The Bertz CT molecular complexity index is 641. The van der Waals surface area contributed by atoms with E-state index in [2.05, 4.69) is 34.2 Å². The lowest BCUT2D eigenvalue weighted by molar-refractivity contribution is 0.380. The van der Waals surface area contributed by atoms with E-state index in [1.165, 1.54) is 24.6 Å². The van der Waals surface area contributed by atoms with Gasteiger partial charge in [-0.2, -0.15) is 10.1 Å². The molecule has 0 aliphatic rings. The van der Waals surface area contributed by atoms with Crippen molar-refractivity contribution in [2.45, 2.75) is 33.2 Å². The maximum atomic E-state index is 6.11. The third-order valence-corrected chi connectivity index (χ3v) is 3.73. The molecule has 7 heteroatoms. The van der Waals surface area contributed by atoms with E-state index in [-0.39, 0.29) is 6.04 Å². The van der Waals surface area contributed by atoms with Crippen molar-refractivity contribution in [3.8, 4) is 6.01 Å². The average molecular weight is 310 g/mol. The van der Waals surface area contributed by atoms with E-state index in [0.29, 0.717) is 16.9 Å². The van der Waals surface area contributed by atoms with Gasteiger partial charge in [-0.1, -0.05) is 11.6 Å². The van der Waals surface area contributed by atoms with Crippen LogP contribution in [0.1, 0.15) is 23.9 Å². The first-order chi connectivity index (χ1) is 9.92. The average Bonchev–Trinajstić information content (AvgIpc) is 2.68. The number of nitrogens with one attached hydrogen (secondary N) is 1. The number of methoxy groups -OCH3 is 1. The van der Waals surface area contributed by atoms with Crippen LogP contribution in [0.4, 0.5) is 5.82 Å². The minimum absolute atomic E-state index is 0.156. The highest BCUT2D eigenvalue weighted by molar-refractivity contribution is 6.32. The summed E-state index contributed by atoms with van der Waals surface area (Å²) in [5.41, 5.74) is 3.47. The number of ether oxygens (including phenoxy) is 1. The molecule has 0 saturated carbocycles. The highest BCUT2D eigenvalue weighted by atomic mass is 35.5. The van der Waals surface area contributed by atoms with Gasteiger partial charge in [0.1, 0.15) is 5.02 Å². The van der Waals surface area contributed by atoms with Crippen LogP contribution < -0.4 is 10.1 Å². The van der Waals surface area contributed by atoms with Crippen LogP contribution in [0.3, 0.4) is 0 Å². The molecule has 0 spiro atoms. The Labute approximate surface area is 129 Å². The van der Waals surface area contributed by atoms with Gasteiger partial charge in [0.15, 0.2) is 5.82 Å². The van der Waals surface area contributed by atoms with Gasteiger partial charge in [0.05, 0.1) is 19.0 Å². The number of anilines is 1. The fraction of sp³-hybridized carbons (Fsp3) is 0.500. The van der Waals surface area contributed by atoms with E-state index in [1.54, 1.807) is 0 Å². The molecular formula is C14H20ClN5O. The summed E-state index contributed by atoms with van der Waals surface area (Å²) in [6, 6.07) is 0.451. The normalized spacial score (nSPS) is 12.3. The van der Waals surface area contributed by atoms with Crippen LogP contribution >= 0.6 is 11.6 Å². The molecule has 0 bridgehead atoms. The van der Waals surface area contributed by atoms with Crippen LogP contribution in [0.2, 0.25) is 5.02 Å². The first kappa shape index (κ1) is 15.6. The third kappa shape index (κ3) is 3.44. The number of hydrogen-bond donors (Lipinski definition) is 1. The summed E-state index contributed by atoms with van der Waals surface area (Å²) >= 11 is 6.11. The molecule has 2 rings (SSSR count). The SMILES string of the molecule is COc1ncc(Cl)c(N[C@@H](C)Cc2c(C)nn(C)c2C)n1. The molecule has 1 atom stereocenters. The molecule has 0 aromatic carbocycles. The van der Waals surface area contributed by atoms with Crippen LogP contribution in [0.25, 0.3) is 0 Å². The van der Waals surface area contributed by atoms with Gasteiger partial charge in [0.25, 0.3) is 0 Å². The Morgan fingerprint density at radius 3 is 2.71 bits per heavy atom. The lowest BCUT2D eigenvalue weighted by Crippen LogP contribution is -2.20. The maximum absolute atomic E-state index is 6.11. The van der Waals surface area contributed by atoms with Crippen molar-refractivity contribution >= 4 is 17.4 Å². The van der Waals surface area contributed by atoms with Gasteiger partial charge in [-0.3, -0.25) is 4.68 Å². The monoisotopic (exact) mass is 309 g/mol. The van der Waals surface area contributed by atoms with Crippen LogP contribution in [0.15, 0.2) is 6.20 Å². The van der Waals surface area contributed by atoms with E-state index in [0.717, 1.165) is 12.1 Å². The highest BCUT2D eigenvalue weighted by Crippen LogP contribution is 2.22. The van der Waals surface area contributed by atoms with E-state index in [4.69, 9.17) is 16.3 Å². The van der Waals surface area contributed by atoms with Gasteiger partial charge in [-0.25, -0.2) is 4.98 Å². The summed E-state index contributed by atoms with van der Waals surface area (Å²) in [6.07, 6.45) is 2.37. The first-order valence-corrected chi connectivity index (χ1v) is 7.12. The minimum atomic E-state index is 0.156. The lowest BCUT2D eigenvalue weighted by atomic mass is 10.1. The maximum Gasteiger partial charge on any atom is 0.318 e. The quantitative estimate of drug-likeness (QED) is 0.919. The van der Waals surface area contributed by atoms with Gasteiger partial charge in [-0.05, 0) is 32.8 Å². The molecule has 0 aliphatic carbocycles. The molecule has 2 aromatic heterocycles. The molecule has 6 nitrogen and oxygen atoms in total. The van der Waals surface area contributed by atoms with Crippen molar-refractivity contribution in [2.75, 3.05) is 12.4 Å². The molecule has 0 fully saturated rings. The van der Waals surface area contributed by atoms with E-state index < -0.39 is 0 Å². The molecule has 114 valence electrons. The molecule has 0 amide bonds. The van der Waals surface area contributed by atoms with Crippen molar-refractivity contribution in [3.05, 3.63) is 28.2 Å². The van der Waals surface area contributed by atoms with Gasteiger partial charge in [-0.15, -0.1) is 0 Å². The zero-order chi connectivity index (χ0) is 15.6. The summed E-state index contributed by atoms with van der Waals surface area (Å²) in [7, 11) is 3.48. The van der Waals surface area contributed by atoms with Crippen LogP contribution in [0.5, 0.6) is 6.01 Å². The Kier molecular flexibility index (Phi) is 4.67. The van der Waals surface area contributed by atoms with Crippen molar-refractivity contribution in [2.24, 2.45) is 7.05 Å². The van der Waals surface area contributed by atoms with Gasteiger partial charge < -0.3 is 10.1 Å². The predicted molar refractivity (Wildman–Crippen MR) is 83.1 cm³/mol. The van der Waals surface area contributed by atoms with E-state index >= 15 is 0 Å². The number of aryl methyl sites for hydroxylation is 2. The second kappa shape index (κ2) is 6.30. The number of halogens is 1. The van der Waals surface area contributed by atoms with E-state index in [9.17, 15) is 0 Å². The number of aromatic nitrogens is 4. The molecular weight excluding hydrogens is 290 g/mol. The summed E-state index contributed by atoms with van der Waals surface area (Å²) in [5.74, 6) is 0.579. The van der Waals surface area contributed by atoms with Gasteiger partial charge in [0.2, 0.25) is 0 Å². The first-order valence-electron chi connectivity index (χ1n) is 6.74. The smallest absolute Gasteiger partial charge is 0.318 e. The van der Waals surface area contributed by atoms with Gasteiger partial charge in [0, 0.05) is 18.8 Å². The van der Waals surface area contributed by atoms with Crippen LogP contribution in [0, 0.1) is 13.8 Å². The topological polar surface area (TPSA) is 64.9 Å². The van der Waals surface area contributed by atoms with Crippen molar-refractivity contribution in [1.82, 2.24) is 19.7 Å². The zero-order valence-electron chi connectivity index (χ0n) is 12.9. The summed E-state index contributed by atoms with van der Waals surface area (Å²) in [6.45, 7) is 6.18. The second-order valence-corrected chi connectivity index (χ2v) is 5.48. The zero-order valence-corrected chi connectivity index (χ0v) is 13.7. The summed E-state index contributed by atoms with van der Waals surface area (Å²) in [5, 5.41) is 8.20. The molecule has 21 heavy (non-hydrogen) atoms. The fourth-order valence-corrected chi connectivity index (χ4v) is 2.40. The third-order valence-electron chi connectivity index (χ3n) is 3.46. The molecule has 2 aromatic rings. The second-order valence-electron chi connectivity index (χ2n) is 5.08. The molecule has 0 saturated heterocycles. The number of hydrogen-bond acceptors (Lipinski definition) is 5. The Morgan fingerprint density at radius 2 is 2.14 bits per heavy atom. The summed E-state index contributed by atoms with van der Waals surface area (Å²) < 4.78 is 6.92. The largest absolute Gasteiger partial charge is 0.467 e. The molecule has 0 unspecified atom stereocenters. The van der Waals surface area contributed by atoms with Crippen LogP contribution in [-0.2, 0) is 13.5 Å². The van der Waals surface area contributed by atoms with Crippen molar-refractivity contribution in [3.63, 3.8) is 0 Å². The Hall–Kier alpha value is -1.82. The standard InChI is InChI=1S/C14H20ClN5O/c1-8(6-11-9(2)19-20(4)10(11)3)17-13-12(15)7-16-14(18-13)21-5/h7-8H,6H2,1-5H3,(H,16,17,18)/t8-/m0/s1. The summed E-state index contributed by atoms with van der Waals surface area (Å²) in [4.78, 5) is 8.19. The van der Waals surface area contributed by atoms with Crippen LogP contribution in [-0.4, -0.2) is 32.9 Å². The number of rotatable bonds is 5. The van der Waals surface area contributed by atoms with Crippen molar-refractivity contribution < 1.29 is 4.74 Å². The molecule has 1 N–H and O–H groups in total. The predicted octanol–water partition coefficient (Wildman–Crippen LogP) is 2.53. The lowest BCUT2D eigenvalue weighted by Gasteiger charge is -2.16.